The monoisotopic (exact) mass is 388 g/mol. The SMILES string of the molecule is CCOC(=O)c1cc(C(=O)c2ccccc2O)cn(-c2ccc(C#N)cc2)c1=O. The first-order chi connectivity index (χ1) is 14.0. The minimum atomic E-state index is -0.855. The number of pyridine rings is 1. The summed E-state index contributed by atoms with van der Waals surface area (Å²) in [5.41, 5.74) is -0.148. The van der Waals surface area contributed by atoms with Gasteiger partial charge in [-0.3, -0.25) is 14.2 Å². The Morgan fingerprint density at radius 1 is 1.10 bits per heavy atom. The number of ether oxygens (including phenoxy) is 1. The molecule has 0 aliphatic carbocycles. The fraction of sp³-hybridized carbons (Fsp3) is 0.0909. The van der Waals surface area contributed by atoms with Crippen molar-refractivity contribution in [3.63, 3.8) is 0 Å². The van der Waals surface area contributed by atoms with Gasteiger partial charge in [0.1, 0.15) is 11.3 Å². The molecule has 1 heterocycles. The van der Waals surface area contributed by atoms with E-state index in [-0.39, 0.29) is 29.0 Å². The topological polar surface area (TPSA) is 109 Å². The molecule has 0 atom stereocenters. The van der Waals surface area contributed by atoms with E-state index in [0.29, 0.717) is 11.3 Å². The zero-order valence-electron chi connectivity index (χ0n) is 15.5. The third kappa shape index (κ3) is 3.92. The lowest BCUT2D eigenvalue weighted by Gasteiger charge is -2.12. The van der Waals surface area contributed by atoms with Crippen molar-refractivity contribution in [2.75, 3.05) is 6.61 Å². The molecule has 0 fully saturated rings. The van der Waals surface area contributed by atoms with Crippen LogP contribution >= 0.6 is 0 Å². The van der Waals surface area contributed by atoms with E-state index < -0.39 is 17.3 Å². The highest BCUT2D eigenvalue weighted by Gasteiger charge is 2.21. The number of esters is 1. The summed E-state index contributed by atoms with van der Waals surface area (Å²) < 4.78 is 6.08. The maximum absolute atomic E-state index is 12.9. The molecule has 3 aromatic rings. The van der Waals surface area contributed by atoms with Crippen molar-refractivity contribution in [1.29, 1.82) is 5.26 Å². The first kappa shape index (κ1) is 19.6. The number of hydrogen-bond acceptors (Lipinski definition) is 6. The number of carbonyl (C=O) groups is 2. The highest BCUT2D eigenvalue weighted by Crippen LogP contribution is 2.21. The number of carbonyl (C=O) groups excluding carboxylic acids is 2. The molecule has 7 heteroatoms. The summed E-state index contributed by atoms with van der Waals surface area (Å²) in [7, 11) is 0. The molecule has 144 valence electrons. The van der Waals surface area contributed by atoms with Crippen LogP contribution in [0.25, 0.3) is 5.69 Å². The molecule has 0 aliphatic heterocycles. The molecule has 0 spiro atoms. The Morgan fingerprint density at radius 3 is 2.41 bits per heavy atom. The molecule has 1 N–H and O–H groups in total. The average molecular weight is 388 g/mol. The molecule has 7 nitrogen and oxygen atoms in total. The van der Waals surface area contributed by atoms with Gasteiger partial charge in [0.2, 0.25) is 0 Å². The van der Waals surface area contributed by atoms with Gasteiger partial charge < -0.3 is 9.84 Å². The molecule has 2 aromatic carbocycles. The van der Waals surface area contributed by atoms with Crippen LogP contribution in [0.1, 0.15) is 38.8 Å². The lowest BCUT2D eigenvalue weighted by molar-refractivity contribution is 0.0524. The maximum atomic E-state index is 12.9. The molecule has 0 unspecified atom stereocenters. The number of nitrogens with zero attached hydrogens (tertiary/aromatic N) is 2. The summed E-state index contributed by atoms with van der Waals surface area (Å²) in [4.78, 5) is 38.1. The molecule has 0 amide bonds. The van der Waals surface area contributed by atoms with Crippen LogP contribution in [0.15, 0.2) is 65.6 Å². The number of aromatic nitrogens is 1. The fourth-order valence-corrected chi connectivity index (χ4v) is 2.77. The molecule has 0 saturated carbocycles. The van der Waals surface area contributed by atoms with Crippen LogP contribution < -0.4 is 5.56 Å². The second-order valence-corrected chi connectivity index (χ2v) is 6.04. The third-order valence-corrected chi connectivity index (χ3v) is 4.20. The van der Waals surface area contributed by atoms with Crippen molar-refractivity contribution in [2.45, 2.75) is 6.92 Å². The van der Waals surface area contributed by atoms with Crippen LogP contribution in [0.2, 0.25) is 0 Å². The standard InChI is InChI=1S/C22H16N2O5/c1-2-29-22(28)18-11-15(20(26)17-5-3-4-6-19(17)25)13-24(21(18)27)16-9-7-14(12-23)8-10-16/h3-11,13,25H,2H2,1H3. The van der Waals surface area contributed by atoms with Crippen LogP contribution in [-0.2, 0) is 4.74 Å². The number of para-hydroxylation sites is 1. The van der Waals surface area contributed by atoms with E-state index in [9.17, 15) is 19.5 Å². The molecule has 0 bridgehead atoms. The Hall–Kier alpha value is -4.18. The maximum Gasteiger partial charge on any atom is 0.343 e. The van der Waals surface area contributed by atoms with Gasteiger partial charge in [-0.2, -0.15) is 5.26 Å². The average Bonchev–Trinajstić information content (AvgIpc) is 2.74. The minimum Gasteiger partial charge on any atom is -0.507 e. The Morgan fingerprint density at radius 2 is 1.79 bits per heavy atom. The van der Waals surface area contributed by atoms with E-state index in [4.69, 9.17) is 10.00 Å². The van der Waals surface area contributed by atoms with E-state index in [1.54, 1.807) is 19.1 Å². The van der Waals surface area contributed by atoms with E-state index in [1.165, 1.54) is 42.6 Å². The molecule has 3 rings (SSSR count). The number of nitriles is 1. The van der Waals surface area contributed by atoms with Crippen molar-refractivity contribution in [3.05, 3.63) is 93.4 Å². The van der Waals surface area contributed by atoms with Gasteiger partial charge in [0, 0.05) is 17.4 Å². The number of aromatic hydroxyl groups is 1. The Labute approximate surface area is 166 Å². The van der Waals surface area contributed by atoms with Gasteiger partial charge >= 0.3 is 5.97 Å². The Balaban J connectivity index is 2.21. The lowest BCUT2D eigenvalue weighted by Crippen LogP contribution is -2.27. The number of rotatable bonds is 5. The van der Waals surface area contributed by atoms with Gasteiger partial charge in [-0.25, -0.2) is 4.79 Å². The van der Waals surface area contributed by atoms with Gasteiger partial charge in [-0.1, -0.05) is 12.1 Å². The lowest BCUT2D eigenvalue weighted by atomic mass is 10.0. The summed E-state index contributed by atoms with van der Waals surface area (Å²) in [6, 6.07) is 15.2. The second kappa shape index (κ2) is 8.23. The zero-order valence-corrected chi connectivity index (χ0v) is 15.5. The molecule has 0 saturated heterocycles. The summed E-state index contributed by atoms with van der Waals surface area (Å²) in [6.45, 7) is 1.67. The van der Waals surface area contributed by atoms with Gasteiger partial charge in [-0.05, 0) is 49.4 Å². The number of ketones is 1. The summed E-state index contributed by atoms with van der Waals surface area (Å²) in [5.74, 6) is -1.63. The fourth-order valence-electron chi connectivity index (χ4n) is 2.77. The summed E-state index contributed by atoms with van der Waals surface area (Å²) in [6.07, 6.45) is 1.29. The van der Waals surface area contributed by atoms with E-state index >= 15 is 0 Å². The van der Waals surface area contributed by atoms with Crippen molar-refractivity contribution in [2.24, 2.45) is 0 Å². The van der Waals surface area contributed by atoms with Crippen molar-refractivity contribution >= 4 is 11.8 Å². The van der Waals surface area contributed by atoms with Crippen molar-refractivity contribution in [1.82, 2.24) is 4.57 Å². The molecule has 1 aromatic heterocycles. The van der Waals surface area contributed by atoms with Crippen LogP contribution in [-0.4, -0.2) is 28.0 Å². The largest absolute Gasteiger partial charge is 0.507 e. The summed E-state index contributed by atoms with van der Waals surface area (Å²) in [5, 5.41) is 18.9. The van der Waals surface area contributed by atoms with Gasteiger partial charge in [-0.15, -0.1) is 0 Å². The normalized spacial score (nSPS) is 10.2. The molecular weight excluding hydrogens is 372 g/mol. The third-order valence-electron chi connectivity index (χ3n) is 4.20. The van der Waals surface area contributed by atoms with Crippen LogP contribution in [0.4, 0.5) is 0 Å². The Bertz CT molecular complexity index is 1190. The van der Waals surface area contributed by atoms with Gasteiger partial charge in [0.25, 0.3) is 5.56 Å². The van der Waals surface area contributed by atoms with E-state index in [0.717, 1.165) is 10.6 Å². The number of benzene rings is 2. The predicted molar refractivity (Wildman–Crippen MR) is 104 cm³/mol. The van der Waals surface area contributed by atoms with E-state index in [2.05, 4.69) is 0 Å². The number of phenols is 1. The van der Waals surface area contributed by atoms with Crippen LogP contribution in [0.5, 0.6) is 5.75 Å². The van der Waals surface area contributed by atoms with Crippen LogP contribution in [0, 0.1) is 11.3 Å². The molecule has 29 heavy (non-hydrogen) atoms. The first-order valence-electron chi connectivity index (χ1n) is 8.73. The molecular formula is C22H16N2O5. The zero-order chi connectivity index (χ0) is 21.0. The first-order valence-corrected chi connectivity index (χ1v) is 8.73. The Kier molecular flexibility index (Phi) is 5.56. The smallest absolute Gasteiger partial charge is 0.343 e. The second-order valence-electron chi connectivity index (χ2n) is 6.04. The van der Waals surface area contributed by atoms with Gasteiger partial charge in [0.05, 0.1) is 23.8 Å². The minimum absolute atomic E-state index is 0.0264. The predicted octanol–water partition coefficient (Wildman–Crippen LogP) is 2.82. The van der Waals surface area contributed by atoms with Crippen molar-refractivity contribution in [3.8, 4) is 17.5 Å². The molecule has 0 radical (unpaired) electrons. The molecule has 0 aliphatic rings. The van der Waals surface area contributed by atoms with Crippen molar-refractivity contribution < 1.29 is 19.4 Å². The van der Waals surface area contributed by atoms with Gasteiger partial charge in [0.15, 0.2) is 5.78 Å². The number of phenolic OH excluding ortho intramolecular Hbond substituents is 1. The highest BCUT2D eigenvalue weighted by molar-refractivity contribution is 6.11. The van der Waals surface area contributed by atoms with Crippen LogP contribution in [0.3, 0.4) is 0 Å². The highest BCUT2D eigenvalue weighted by atomic mass is 16.5. The summed E-state index contributed by atoms with van der Waals surface area (Å²) >= 11 is 0. The van der Waals surface area contributed by atoms with E-state index in [1.807, 2.05) is 6.07 Å². The number of hydrogen-bond donors (Lipinski definition) is 1. The quantitative estimate of drug-likeness (QED) is 0.532.